The molecule has 1 aromatic rings. The number of aryl methyl sites for hydroxylation is 1. The lowest BCUT2D eigenvalue weighted by atomic mass is 9.93. The third kappa shape index (κ3) is 2.06. The van der Waals surface area contributed by atoms with Gasteiger partial charge in [-0.15, -0.1) is 0 Å². The van der Waals surface area contributed by atoms with Crippen LogP contribution in [0.2, 0.25) is 0 Å². The highest BCUT2D eigenvalue weighted by Gasteiger charge is 2.31. The summed E-state index contributed by atoms with van der Waals surface area (Å²) in [5.41, 5.74) is 8.69. The van der Waals surface area contributed by atoms with Crippen LogP contribution in [-0.4, -0.2) is 38.2 Å². The molecule has 1 fully saturated rings. The molecule has 0 radical (unpaired) electrons. The van der Waals surface area contributed by atoms with Crippen LogP contribution in [0.4, 0.5) is 0 Å². The van der Waals surface area contributed by atoms with Crippen LogP contribution in [0.25, 0.3) is 0 Å². The van der Waals surface area contributed by atoms with Gasteiger partial charge in [-0.25, -0.2) is 0 Å². The number of likely N-dealkylation sites (tertiary alicyclic amines) is 1. The summed E-state index contributed by atoms with van der Waals surface area (Å²) in [5, 5.41) is 0. The van der Waals surface area contributed by atoms with Crippen LogP contribution in [0.5, 0.6) is 5.75 Å². The van der Waals surface area contributed by atoms with Crippen molar-refractivity contribution in [1.82, 2.24) is 4.90 Å². The second-order valence-electron chi connectivity index (χ2n) is 4.74. The van der Waals surface area contributed by atoms with E-state index in [1.54, 1.807) is 7.11 Å². The van der Waals surface area contributed by atoms with E-state index in [1.807, 2.05) is 6.07 Å². The molecule has 0 aliphatic carbocycles. The maximum Gasteiger partial charge on any atom is 0.122 e. The van der Waals surface area contributed by atoms with Crippen molar-refractivity contribution >= 4 is 0 Å². The van der Waals surface area contributed by atoms with Crippen molar-refractivity contribution in [3.05, 3.63) is 29.3 Å². The summed E-state index contributed by atoms with van der Waals surface area (Å²) in [6.45, 7) is 4.08. The minimum Gasteiger partial charge on any atom is -0.496 e. The number of nitrogens with two attached hydrogens (primary N) is 1. The van der Waals surface area contributed by atoms with Gasteiger partial charge in [0.1, 0.15) is 5.75 Å². The number of hydrogen-bond acceptors (Lipinski definition) is 3. The molecule has 1 aliphatic heterocycles. The smallest absolute Gasteiger partial charge is 0.122 e. The van der Waals surface area contributed by atoms with Crippen LogP contribution in [0, 0.1) is 6.92 Å². The molecular formula is C13H20N2O. The molecule has 3 heteroatoms. The quantitative estimate of drug-likeness (QED) is 0.818. The predicted octanol–water partition coefficient (Wildman–Crippen LogP) is 1.36. The van der Waals surface area contributed by atoms with E-state index >= 15 is 0 Å². The molecule has 0 amide bonds. The molecule has 0 aromatic heterocycles. The van der Waals surface area contributed by atoms with E-state index in [-0.39, 0.29) is 6.04 Å². The van der Waals surface area contributed by atoms with Crippen molar-refractivity contribution in [1.29, 1.82) is 0 Å². The lowest BCUT2D eigenvalue weighted by molar-refractivity contribution is 0.395. The van der Waals surface area contributed by atoms with Gasteiger partial charge in [0.05, 0.1) is 7.11 Å². The van der Waals surface area contributed by atoms with Gasteiger partial charge in [-0.3, -0.25) is 0 Å². The fraction of sp³-hybridized carbons (Fsp3) is 0.538. The topological polar surface area (TPSA) is 38.5 Å². The van der Waals surface area contributed by atoms with E-state index in [1.165, 1.54) is 11.1 Å². The van der Waals surface area contributed by atoms with Crippen molar-refractivity contribution in [2.24, 2.45) is 5.73 Å². The molecule has 2 atom stereocenters. The van der Waals surface area contributed by atoms with Crippen LogP contribution in [-0.2, 0) is 0 Å². The highest BCUT2D eigenvalue weighted by atomic mass is 16.5. The van der Waals surface area contributed by atoms with Gasteiger partial charge in [-0.1, -0.05) is 17.7 Å². The van der Waals surface area contributed by atoms with E-state index in [9.17, 15) is 0 Å². The molecule has 1 aliphatic rings. The highest BCUT2D eigenvalue weighted by Crippen LogP contribution is 2.33. The van der Waals surface area contributed by atoms with Crippen LogP contribution in [0.1, 0.15) is 17.0 Å². The number of hydrogen-bond donors (Lipinski definition) is 1. The average Bonchev–Trinajstić information content (AvgIpc) is 2.57. The molecule has 1 heterocycles. The molecule has 1 aromatic carbocycles. The van der Waals surface area contributed by atoms with Crippen molar-refractivity contribution in [2.75, 3.05) is 27.2 Å². The number of nitrogens with zero attached hydrogens (tertiary/aromatic N) is 1. The Hall–Kier alpha value is -1.06. The maximum absolute atomic E-state index is 6.18. The lowest BCUT2D eigenvalue weighted by Crippen LogP contribution is -2.28. The summed E-state index contributed by atoms with van der Waals surface area (Å²) in [4.78, 5) is 2.27. The zero-order valence-corrected chi connectivity index (χ0v) is 10.2. The first-order valence-corrected chi connectivity index (χ1v) is 5.70. The predicted molar refractivity (Wildman–Crippen MR) is 65.9 cm³/mol. The highest BCUT2D eigenvalue weighted by molar-refractivity contribution is 5.41. The summed E-state index contributed by atoms with van der Waals surface area (Å²) < 4.78 is 5.42. The summed E-state index contributed by atoms with van der Waals surface area (Å²) in [6, 6.07) is 6.52. The fourth-order valence-electron chi connectivity index (χ4n) is 2.51. The van der Waals surface area contributed by atoms with Crippen molar-refractivity contribution in [2.45, 2.75) is 18.9 Å². The third-order valence-corrected chi connectivity index (χ3v) is 3.33. The Labute approximate surface area is 97.2 Å². The number of rotatable bonds is 2. The van der Waals surface area contributed by atoms with Gasteiger partial charge < -0.3 is 15.4 Å². The first-order valence-electron chi connectivity index (χ1n) is 5.70. The second kappa shape index (κ2) is 4.44. The zero-order chi connectivity index (χ0) is 11.7. The monoisotopic (exact) mass is 220 g/mol. The van der Waals surface area contributed by atoms with E-state index in [4.69, 9.17) is 10.5 Å². The normalized spacial score (nSPS) is 26.0. The largest absolute Gasteiger partial charge is 0.496 e. The minimum atomic E-state index is 0.209. The molecule has 0 bridgehead atoms. The van der Waals surface area contributed by atoms with E-state index < -0.39 is 0 Å². The Balaban J connectivity index is 2.35. The average molecular weight is 220 g/mol. The number of benzene rings is 1. The van der Waals surface area contributed by atoms with Crippen molar-refractivity contribution < 1.29 is 4.74 Å². The van der Waals surface area contributed by atoms with Crippen LogP contribution in [0.15, 0.2) is 18.2 Å². The van der Waals surface area contributed by atoms with Gasteiger partial charge >= 0.3 is 0 Å². The summed E-state index contributed by atoms with van der Waals surface area (Å²) in [6.07, 6.45) is 0. The summed E-state index contributed by atoms with van der Waals surface area (Å²) in [5.74, 6) is 1.35. The van der Waals surface area contributed by atoms with Gasteiger partial charge in [-0.2, -0.15) is 0 Å². The molecule has 0 spiro atoms. The Morgan fingerprint density at radius 3 is 2.69 bits per heavy atom. The third-order valence-electron chi connectivity index (χ3n) is 3.33. The van der Waals surface area contributed by atoms with Crippen LogP contribution in [0.3, 0.4) is 0 Å². The van der Waals surface area contributed by atoms with Gasteiger partial charge in [0.2, 0.25) is 0 Å². The van der Waals surface area contributed by atoms with E-state index in [2.05, 4.69) is 31.0 Å². The standard InChI is InChI=1S/C13H20N2O/c1-9-4-5-13(16-3)10(6-9)11-7-15(2)8-12(11)14/h4-6,11-12H,7-8,14H2,1-3H3. The van der Waals surface area contributed by atoms with E-state index in [0.29, 0.717) is 5.92 Å². The Kier molecular flexibility index (Phi) is 3.17. The number of likely N-dealkylation sites (N-methyl/N-ethyl adjacent to an activating group) is 1. The lowest BCUT2D eigenvalue weighted by Gasteiger charge is -2.18. The molecule has 3 nitrogen and oxygen atoms in total. The van der Waals surface area contributed by atoms with Gasteiger partial charge in [0.15, 0.2) is 0 Å². The first-order chi connectivity index (χ1) is 7.61. The number of ether oxygens (including phenoxy) is 1. The molecular weight excluding hydrogens is 200 g/mol. The Bertz CT molecular complexity index is 378. The SMILES string of the molecule is COc1ccc(C)cc1C1CN(C)CC1N. The van der Waals surface area contributed by atoms with Gasteiger partial charge in [-0.05, 0) is 20.0 Å². The first kappa shape index (κ1) is 11.4. The minimum absolute atomic E-state index is 0.209. The summed E-state index contributed by atoms with van der Waals surface area (Å²) in [7, 11) is 3.83. The molecule has 1 saturated heterocycles. The maximum atomic E-state index is 6.18. The van der Waals surface area contributed by atoms with Crippen LogP contribution >= 0.6 is 0 Å². The van der Waals surface area contributed by atoms with Crippen molar-refractivity contribution in [3.63, 3.8) is 0 Å². The Morgan fingerprint density at radius 2 is 2.12 bits per heavy atom. The van der Waals surface area contributed by atoms with Crippen LogP contribution < -0.4 is 10.5 Å². The number of methoxy groups -OCH3 is 1. The second-order valence-corrected chi connectivity index (χ2v) is 4.74. The fourth-order valence-corrected chi connectivity index (χ4v) is 2.51. The molecule has 2 unspecified atom stereocenters. The molecule has 0 saturated carbocycles. The van der Waals surface area contributed by atoms with Crippen molar-refractivity contribution in [3.8, 4) is 5.75 Å². The molecule has 88 valence electrons. The van der Waals surface area contributed by atoms with Gasteiger partial charge in [0.25, 0.3) is 0 Å². The zero-order valence-electron chi connectivity index (χ0n) is 10.2. The Morgan fingerprint density at radius 1 is 1.38 bits per heavy atom. The molecule has 2 rings (SSSR count). The summed E-state index contributed by atoms with van der Waals surface area (Å²) >= 11 is 0. The molecule has 2 N–H and O–H groups in total. The van der Waals surface area contributed by atoms with Gasteiger partial charge in [0, 0.05) is 30.6 Å². The molecule has 16 heavy (non-hydrogen) atoms. The van der Waals surface area contributed by atoms with E-state index in [0.717, 1.165) is 18.8 Å².